The molecule has 2 heterocycles. The molecule has 0 radical (unpaired) electrons. The quantitative estimate of drug-likeness (QED) is 0.638. The Morgan fingerprint density at radius 3 is 3.05 bits per heavy atom. The largest absolute Gasteiger partial charge is 0.333 e. The number of halogens is 1. The van der Waals surface area contributed by atoms with Gasteiger partial charge in [-0.25, -0.2) is 4.98 Å². The van der Waals surface area contributed by atoms with Crippen molar-refractivity contribution in [2.45, 2.75) is 19.6 Å². The summed E-state index contributed by atoms with van der Waals surface area (Å²) in [6, 6.07) is 5.15. The maximum absolute atomic E-state index is 10.9. The number of nitro groups is 1. The fourth-order valence-corrected chi connectivity index (χ4v) is 2.96. The zero-order chi connectivity index (χ0) is 14.1. The van der Waals surface area contributed by atoms with E-state index >= 15 is 0 Å². The summed E-state index contributed by atoms with van der Waals surface area (Å²) in [4.78, 5) is 17.1. The molecule has 1 aliphatic heterocycles. The molecule has 0 N–H and O–H groups in total. The lowest BCUT2D eigenvalue weighted by atomic mass is 10.2. The van der Waals surface area contributed by atoms with Gasteiger partial charge in [0.2, 0.25) is 0 Å². The summed E-state index contributed by atoms with van der Waals surface area (Å²) in [5.41, 5.74) is 1.04. The van der Waals surface area contributed by atoms with E-state index in [0.717, 1.165) is 31.0 Å². The van der Waals surface area contributed by atoms with Crippen LogP contribution in [0.25, 0.3) is 0 Å². The van der Waals surface area contributed by atoms with Gasteiger partial charge in [-0.3, -0.25) is 15.0 Å². The maximum atomic E-state index is 10.9. The predicted molar refractivity (Wildman–Crippen MR) is 77.1 cm³/mol. The number of nitrogens with zero attached hydrogens (tertiary/aromatic N) is 4. The van der Waals surface area contributed by atoms with Crippen molar-refractivity contribution in [1.29, 1.82) is 0 Å². The highest BCUT2D eigenvalue weighted by atomic mass is 79.9. The van der Waals surface area contributed by atoms with E-state index in [9.17, 15) is 10.1 Å². The Kier molecular flexibility index (Phi) is 3.54. The summed E-state index contributed by atoms with van der Waals surface area (Å²) in [5, 5.41) is 10.9. The van der Waals surface area contributed by atoms with Gasteiger partial charge < -0.3 is 4.57 Å². The summed E-state index contributed by atoms with van der Waals surface area (Å²) < 4.78 is 2.71. The number of aromatic nitrogens is 2. The van der Waals surface area contributed by atoms with Crippen LogP contribution in [0.5, 0.6) is 0 Å². The molecule has 1 aromatic carbocycles. The molecule has 6 nitrogen and oxygen atoms in total. The standard InChI is InChI=1S/C13H13BrN4O2/c14-13-10(2-1-3-11(13)18(19)20)8-16-6-7-17-5-4-15-12(17)9-16/h1-5H,6-9H2. The Bertz CT molecular complexity index is 656. The molecule has 0 amide bonds. The third kappa shape index (κ3) is 2.46. The maximum Gasteiger partial charge on any atom is 0.283 e. The van der Waals surface area contributed by atoms with Crippen LogP contribution in [0.1, 0.15) is 11.4 Å². The molecule has 0 spiro atoms. The average molecular weight is 337 g/mol. The van der Waals surface area contributed by atoms with Crippen LogP contribution in [0.2, 0.25) is 0 Å². The van der Waals surface area contributed by atoms with Crippen LogP contribution in [-0.4, -0.2) is 25.9 Å². The number of hydrogen-bond acceptors (Lipinski definition) is 4. The van der Waals surface area contributed by atoms with Crippen molar-refractivity contribution in [2.24, 2.45) is 0 Å². The van der Waals surface area contributed by atoms with Gasteiger partial charge in [0.05, 0.1) is 15.9 Å². The molecule has 3 rings (SSSR count). The van der Waals surface area contributed by atoms with Crippen molar-refractivity contribution < 1.29 is 4.92 Å². The number of benzene rings is 1. The van der Waals surface area contributed by atoms with Crippen LogP contribution < -0.4 is 0 Å². The number of nitro benzene ring substituents is 1. The first-order chi connectivity index (χ1) is 9.65. The molecule has 0 atom stereocenters. The number of imidazole rings is 1. The van der Waals surface area contributed by atoms with Crippen molar-refractivity contribution in [3.63, 3.8) is 0 Å². The van der Waals surface area contributed by atoms with Gasteiger partial charge in [0.1, 0.15) is 5.82 Å². The van der Waals surface area contributed by atoms with Gasteiger partial charge in [0.25, 0.3) is 5.69 Å². The zero-order valence-corrected chi connectivity index (χ0v) is 12.3. The number of rotatable bonds is 3. The molecule has 1 aliphatic rings. The highest BCUT2D eigenvalue weighted by Gasteiger charge is 2.20. The molecule has 0 aliphatic carbocycles. The van der Waals surface area contributed by atoms with Gasteiger partial charge in [-0.05, 0) is 21.5 Å². The smallest absolute Gasteiger partial charge is 0.283 e. The van der Waals surface area contributed by atoms with E-state index in [0.29, 0.717) is 11.0 Å². The van der Waals surface area contributed by atoms with E-state index in [1.165, 1.54) is 6.07 Å². The van der Waals surface area contributed by atoms with E-state index < -0.39 is 0 Å². The second-order valence-corrected chi connectivity index (χ2v) is 5.55. The molecule has 1 aromatic heterocycles. The van der Waals surface area contributed by atoms with E-state index in [-0.39, 0.29) is 10.6 Å². The molecule has 0 unspecified atom stereocenters. The molecule has 0 saturated heterocycles. The summed E-state index contributed by atoms with van der Waals surface area (Å²) >= 11 is 3.34. The first-order valence-corrected chi connectivity index (χ1v) is 7.08. The van der Waals surface area contributed by atoms with Gasteiger partial charge in [0, 0.05) is 38.1 Å². The minimum Gasteiger partial charge on any atom is -0.333 e. The zero-order valence-electron chi connectivity index (χ0n) is 10.7. The predicted octanol–water partition coefficient (Wildman–Crippen LogP) is 2.57. The normalized spacial score (nSPS) is 15.1. The molecular formula is C13H13BrN4O2. The van der Waals surface area contributed by atoms with Crippen molar-refractivity contribution in [1.82, 2.24) is 14.5 Å². The molecule has 7 heteroatoms. The second-order valence-electron chi connectivity index (χ2n) is 4.75. The highest BCUT2D eigenvalue weighted by Crippen LogP contribution is 2.29. The molecule has 20 heavy (non-hydrogen) atoms. The van der Waals surface area contributed by atoms with Gasteiger partial charge >= 0.3 is 0 Å². The molecule has 0 bridgehead atoms. The Morgan fingerprint density at radius 1 is 1.40 bits per heavy atom. The van der Waals surface area contributed by atoms with Crippen molar-refractivity contribution in [3.8, 4) is 0 Å². The average Bonchev–Trinajstić information content (AvgIpc) is 2.88. The molecule has 0 fully saturated rings. The highest BCUT2D eigenvalue weighted by molar-refractivity contribution is 9.10. The van der Waals surface area contributed by atoms with Gasteiger partial charge in [-0.2, -0.15) is 0 Å². The summed E-state index contributed by atoms with van der Waals surface area (Å²) in [6.07, 6.45) is 3.79. The van der Waals surface area contributed by atoms with E-state index in [1.54, 1.807) is 6.07 Å². The fourth-order valence-electron chi connectivity index (χ4n) is 2.43. The van der Waals surface area contributed by atoms with E-state index in [4.69, 9.17) is 0 Å². The molecule has 104 valence electrons. The topological polar surface area (TPSA) is 64.2 Å². The van der Waals surface area contributed by atoms with Crippen LogP contribution in [0.4, 0.5) is 5.69 Å². The molecule has 0 saturated carbocycles. The lowest BCUT2D eigenvalue weighted by molar-refractivity contribution is -0.385. The van der Waals surface area contributed by atoms with Crippen LogP contribution in [0, 0.1) is 10.1 Å². The Labute approximate surface area is 124 Å². The van der Waals surface area contributed by atoms with E-state index in [1.807, 2.05) is 18.5 Å². The summed E-state index contributed by atoms with van der Waals surface area (Å²) in [7, 11) is 0. The fraction of sp³-hybridized carbons (Fsp3) is 0.308. The van der Waals surface area contributed by atoms with Gasteiger partial charge in [-0.1, -0.05) is 12.1 Å². The molecule has 2 aromatic rings. The van der Waals surface area contributed by atoms with Crippen LogP contribution in [-0.2, 0) is 19.6 Å². The Hall–Kier alpha value is -1.73. The van der Waals surface area contributed by atoms with Crippen molar-refractivity contribution in [2.75, 3.05) is 6.54 Å². The van der Waals surface area contributed by atoms with Crippen LogP contribution in [0.3, 0.4) is 0 Å². The third-order valence-corrected chi connectivity index (χ3v) is 4.39. The van der Waals surface area contributed by atoms with E-state index in [2.05, 4.69) is 30.4 Å². The van der Waals surface area contributed by atoms with Crippen LogP contribution in [0.15, 0.2) is 35.1 Å². The minimum absolute atomic E-state index is 0.112. The minimum atomic E-state index is -0.365. The first kappa shape index (κ1) is 13.3. The summed E-state index contributed by atoms with van der Waals surface area (Å²) in [6.45, 7) is 3.26. The monoisotopic (exact) mass is 336 g/mol. The lowest BCUT2D eigenvalue weighted by Crippen LogP contribution is -2.33. The second kappa shape index (κ2) is 5.34. The third-order valence-electron chi connectivity index (χ3n) is 3.47. The van der Waals surface area contributed by atoms with Gasteiger partial charge in [-0.15, -0.1) is 0 Å². The van der Waals surface area contributed by atoms with Crippen molar-refractivity contribution in [3.05, 3.63) is 56.6 Å². The SMILES string of the molecule is O=[N+]([O-])c1cccc(CN2CCn3ccnc3C2)c1Br. The number of hydrogen-bond donors (Lipinski definition) is 0. The van der Waals surface area contributed by atoms with Crippen molar-refractivity contribution >= 4 is 21.6 Å². The lowest BCUT2D eigenvalue weighted by Gasteiger charge is -2.27. The number of fused-ring (bicyclic) bond motifs is 1. The van der Waals surface area contributed by atoms with Gasteiger partial charge in [0.15, 0.2) is 0 Å². The first-order valence-electron chi connectivity index (χ1n) is 6.29. The van der Waals surface area contributed by atoms with Crippen LogP contribution >= 0.6 is 15.9 Å². The summed E-state index contributed by atoms with van der Waals surface area (Å²) in [5.74, 6) is 1.04. The Morgan fingerprint density at radius 2 is 2.25 bits per heavy atom. The molecular weight excluding hydrogens is 324 g/mol. The Balaban J connectivity index is 1.79.